The SMILES string of the molecule is COc1ccccc1N1CCCN(C)C(CN)C1. The summed E-state index contributed by atoms with van der Waals surface area (Å²) in [5.74, 6) is 0.942. The smallest absolute Gasteiger partial charge is 0.142 e. The van der Waals surface area contributed by atoms with E-state index in [4.69, 9.17) is 10.5 Å². The van der Waals surface area contributed by atoms with Crippen LogP contribution in [0.5, 0.6) is 5.75 Å². The van der Waals surface area contributed by atoms with E-state index in [1.807, 2.05) is 12.1 Å². The van der Waals surface area contributed by atoms with Crippen molar-refractivity contribution in [1.82, 2.24) is 4.90 Å². The molecule has 4 nitrogen and oxygen atoms in total. The van der Waals surface area contributed by atoms with E-state index in [-0.39, 0.29) is 0 Å². The molecule has 2 N–H and O–H groups in total. The van der Waals surface area contributed by atoms with Crippen LogP contribution in [-0.2, 0) is 0 Å². The van der Waals surface area contributed by atoms with Gasteiger partial charge in [-0.25, -0.2) is 0 Å². The van der Waals surface area contributed by atoms with Crippen molar-refractivity contribution in [2.75, 3.05) is 45.2 Å². The van der Waals surface area contributed by atoms with E-state index in [2.05, 4.69) is 29.0 Å². The predicted molar refractivity (Wildman–Crippen MR) is 75.3 cm³/mol. The minimum absolute atomic E-state index is 0.414. The number of hydrogen-bond acceptors (Lipinski definition) is 4. The van der Waals surface area contributed by atoms with E-state index >= 15 is 0 Å². The lowest BCUT2D eigenvalue weighted by molar-refractivity contribution is 0.266. The zero-order valence-corrected chi connectivity index (χ0v) is 11.3. The summed E-state index contributed by atoms with van der Waals surface area (Å²) in [7, 11) is 3.88. The van der Waals surface area contributed by atoms with Crippen LogP contribution in [0.3, 0.4) is 0 Å². The summed E-state index contributed by atoms with van der Waals surface area (Å²) in [4.78, 5) is 4.75. The Balaban J connectivity index is 2.21. The van der Waals surface area contributed by atoms with Crippen LogP contribution in [0.1, 0.15) is 6.42 Å². The van der Waals surface area contributed by atoms with Gasteiger partial charge < -0.3 is 20.3 Å². The molecule has 1 aliphatic heterocycles. The van der Waals surface area contributed by atoms with Crippen molar-refractivity contribution in [3.8, 4) is 5.75 Å². The molecule has 1 aromatic rings. The summed E-state index contributed by atoms with van der Waals surface area (Å²) in [6, 6.07) is 8.62. The molecule has 1 heterocycles. The molecule has 4 heteroatoms. The molecule has 0 bridgehead atoms. The third-order valence-corrected chi connectivity index (χ3v) is 3.69. The van der Waals surface area contributed by atoms with Gasteiger partial charge in [-0.3, -0.25) is 0 Å². The van der Waals surface area contributed by atoms with Gasteiger partial charge in [0.25, 0.3) is 0 Å². The molecule has 0 amide bonds. The lowest BCUT2D eigenvalue weighted by atomic mass is 10.2. The number of benzene rings is 1. The first-order valence-corrected chi connectivity index (χ1v) is 6.54. The van der Waals surface area contributed by atoms with Gasteiger partial charge in [0.1, 0.15) is 5.75 Å². The van der Waals surface area contributed by atoms with Gasteiger partial charge in [0.2, 0.25) is 0 Å². The van der Waals surface area contributed by atoms with E-state index < -0.39 is 0 Å². The zero-order chi connectivity index (χ0) is 13.0. The van der Waals surface area contributed by atoms with E-state index in [1.165, 1.54) is 5.69 Å². The third kappa shape index (κ3) is 2.76. The summed E-state index contributed by atoms with van der Waals surface area (Å²) < 4.78 is 5.45. The molecule has 0 aromatic heterocycles. The Morgan fingerprint density at radius 2 is 2.11 bits per heavy atom. The minimum Gasteiger partial charge on any atom is -0.495 e. The molecule has 1 fully saturated rings. The second kappa shape index (κ2) is 6.07. The molecule has 0 aliphatic carbocycles. The lowest BCUT2D eigenvalue weighted by Gasteiger charge is -2.29. The molecule has 1 saturated heterocycles. The van der Waals surface area contributed by atoms with Gasteiger partial charge in [0.15, 0.2) is 0 Å². The Morgan fingerprint density at radius 3 is 2.83 bits per heavy atom. The molecular formula is C14H23N3O. The Labute approximate surface area is 109 Å². The first-order valence-electron chi connectivity index (χ1n) is 6.54. The van der Waals surface area contributed by atoms with E-state index in [1.54, 1.807) is 7.11 Å². The second-order valence-electron chi connectivity index (χ2n) is 4.84. The monoisotopic (exact) mass is 249 g/mol. The minimum atomic E-state index is 0.414. The van der Waals surface area contributed by atoms with E-state index in [0.29, 0.717) is 12.6 Å². The van der Waals surface area contributed by atoms with Crippen LogP contribution in [-0.4, -0.2) is 51.3 Å². The van der Waals surface area contributed by atoms with Crippen molar-refractivity contribution < 1.29 is 4.74 Å². The maximum atomic E-state index is 5.87. The standard InChI is InChI=1S/C14H23N3O/c1-16-8-5-9-17(11-12(16)10-15)13-6-3-4-7-14(13)18-2/h3-4,6-7,12H,5,8-11,15H2,1-2H3. The number of nitrogens with two attached hydrogens (primary N) is 1. The molecule has 1 aromatic carbocycles. The molecule has 0 spiro atoms. The van der Waals surface area contributed by atoms with Gasteiger partial charge in [-0.2, -0.15) is 0 Å². The topological polar surface area (TPSA) is 41.7 Å². The van der Waals surface area contributed by atoms with Crippen molar-refractivity contribution in [2.24, 2.45) is 5.73 Å². The second-order valence-corrected chi connectivity index (χ2v) is 4.84. The van der Waals surface area contributed by atoms with Crippen LogP contribution >= 0.6 is 0 Å². The Morgan fingerprint density at radius 1 is 1.33 bits per heavy atom. The molecule has 1 atom stereocenters. The Hall–Kier alpha value is -1.26. The Kier molecular flexibility index (Phi) is 4.44. The van der Waals surface area contributed by atoms with Gasteiger partial charge in [0, 0.05) is 25.7 Å². The molecule has 1 aliphatic rings. The quantitative estimate of drug-likeness (QED) is 0.873. The highest BCUT2D eigenvalue weighted by Gasteiger charge is 2.22. The largest absolute Gasteiger partial charge is 0.495 e. The van der Waals surface area contributed by atoms with Crippen LogP contribution in [0.2, 0.25) is 0 Å². The number of rotatable bonds is 3. The van der Waals surface area contributed by atoms with Gasteiger partial charge >= 0.3 is 0 Å². The first kappa shape index (κ1) is 13.2. The maximum absolute atomic E-state index is 5.87. The number of methoxy groups -OCH3 is 1. The van der Waals surface area contributed by atoms with E-state index in [0.717, 1.165) is 31.8 Å². The van der Waals surface area contributed by atoms with Gasteiger partial charge in [-0.05, 0) is 32.1 Å². The molecule has 100 valence electrons. The van der Waals surface area contributed by atoms with Crippen LogP contribution in [0.15, 0.2) is 24.3 Å². The molecule has 0 saturated carbocycles. The van der Waals surface area contributed by atoms with Crippen molar-refractivity contribution in [3.63, 3.8) is 0 Å². The molecule has 18 heavy (non-hydrogen) atoms. The van der Waals surface area contributed by atoms with Crippen LogP contribution in [0.25, 0.3) is 0 Å². The maximum Gasteiger partial charge on any atom is 0.142 e. The summed E-state index contributed by atoms with van der Waals surface area (Å²) in [5.41, 5.74) is 7.05. The average molecular weight is 249 g/mol. The molecule has 2 rings (SSSR count). The summed E-state index contributed by atoms with van der Waals surface area (Å²) in [5, 5.41) is 0. The fraction of sp³-hybridized carbons (Fsp3) is 0.571. The van der Waals surface area contributed by atoms with Crippen LogP contribution < -0.4 is 15.4 Å². The third-order valence-electron chi connectivity index (χ3n) is 3.69. The summed E-state index contributed by atoms with van der Waals surface area (Å²) >= 11 is 0. The number of para-hydroxylation sites is 2. The lowest BCUT2D eigenvalue weighted by Crippen LogP contribution is -2.43. The highest BCUT2D eigenvalue weighted by atomic mass is 16.5. The predicted octanol–water partition coefficient (Wildman–Crippen LogP) is 1.16. The van der Waals surface area contributed by atoms with E-state index in [9.17, 15) is 0 Å². The molecular weight excluding hydrogens is 226 g/mol. The fourth-order valence-electron chi connectivity index (χ4n) is 2.54. The Bertz CT molecular complexity index is 383. The first-order chi connectivity index (χ1) is 8.76. The van der Waals surface area contributed by atoms with Crippen molar-refractivity contribution in [2.45, 2.75) is 12.5 Å². The number of nitrogens with zero attached hydrogens (tertiary/aromatic N) is 2. The van der Waals surface area contributed by atoms with Crippen LogP contribution in [0.4, 0.5) is 5.69 Å². The molecule has 0 radical (unpaired) electrons. The average Bonchev–Trinajstić information content (AvgIpc) is 2.60. The zero-order valence-electron chi connectivity index (χ0n) is 11.3. The number of hydrogen-bond donors (Lipinski definition) is 1. The fourth-order valence-corrected chi connectivity index (χ4v) is 2.54. The summed E-state index contributed by atoms with van der Waals surface area (Å²) in [6.45, 7) is 3.82. The van der Waals surface area contributed by atoms with Crippen LogP contribution in [0, 0.1) is 0 Å². The van der Waals surface area contributed by atoms with Gasteiger partial charge in [-0.15, -0.1) is 0 Å². The van der Waals surface area contributed by atoms with Gasteiger partial charge in [0.05, 0.1) is 12.8 Å². The number of anilines is 1. The normalized spacial score (nSPS) is 21.7. The van der Waals surface area contributed by atoms with Crippen molar-refractivity contribution in [1.29, 1.82) is 0 Å². The molecule has 1 unspecified atom stereocenters. The van der Waals surface area contributed by atoms with Crippen molar-refractivity contribution in [3.05, 3.63) is 24.3 Å². The highest BCUT2D eigenvalue weighted by Crippen LogP contribution is 2.28. The highest BCUT2D eigenvalue weighted by molar-refractivity contribution is 5.58. The number of ether oxygens (including phenoxy) is 1. The van der Waals surface area contributed by atoms with Gasteiger partial charge in [-0.1, -0.05) is 12.1 Å². The van der Waals surface area contributed by atoms with Crippen molar-refractivity contribution >= 4 is 5.69 Å². The summed E-state index contributed by atoms with van der Waals surface area (Å²) in [6.07, 6.45) is 1.16. The number of likely N-dealkylation sites (N-methyl/N-ethyl adjacent to an activating group) is 1.